The predicted octanol–water partition coefficient (Wildman–Crippen LogP) is -0.656. The summed E-state index contributed by atoms with van der Waals surface area (Å²) in [6.45, 7) is 3.61. The summed E-state index contributed by atoms with van der Waals surface area (Å²) in [7, 11) is 2.83. The summed E-state index contributed by atoms with van der Waals surface area (Å²) in [4.78, 5) is 35.7. The molecule has 0 rings (SSSR count). The minimum atomic E-state index is -0.559. The highest BCUT2D eigenvalue weighted by atomic mass is 16.5. The number of carbonyl (C=O) groups is 3. The molecule has 0 unspecified atom stereocenters. The molecule has 0 saturated heterocycles. The van der Waals surface area contributed by atoms with Gasteiger partial charge in [0.2, 0.25) is 5.91 Å². The SMILES string of the molecule is CCN(CCC(=O)OC)CC(=O)NC(=O)NCCOC. The van der Waals surface area contributed by atoms with Crippen LogP contribution in [0.25, 0.3) is 0 Å². The van der Waals surface area contributed by atoms with Crippen LogP contribution in [0.2, 0.25) is 0 Å². The summed E-state index contributed by atoms with van der Waals surface area (Å²) < 4.78 is 9.29. The number of rotatable bonds is 9. The zero-order valence-electron chi connectivity index (χ0n) is 12.2. The molecule has 0 aliphatic carbocycles. The van der Waals surface area contributed by atoms with Crippen LogP contribution in [0.3, 0.4) is 0 Å². The maximum Gasteiger partial charge on any atom is 0.321 e. The maximum atomic E-state index is 11.6. The zero-order valence-corrected chi connectivity index (χ0v) is 12.2. The monoisotopic (exact) mass is 289 g/mol. The van der Waals surface area contributed by atoms with Crippen molar-refractivity contribution in [2.75, 3.05) is 47.0 Å². The van der Waals surface area contributed by atoms with Gasteiger partial charge in [-0.1, -0.05) is 6.92 Å². The van der Waals surface area contributed by atoms with E-state index in [1.165, 1.54) is 14.2 Å². The molecule has 0 aromatic rings. The molecule has 0 bridgehead atoms. The van der Waals surface area contributed by atoms with Crippen molar-refractivity contribution in [3.8, 4) is 0 Å². The summed E-state index contributed by atoms with van der Waals surface area (Å²) in [6, 6.07) is -0.559. The standard InChI is InChI=1S/C12H23N3O5/c1-4-15(7-5-11(17)20-3)9-10(16)14-12(18)13-6-8-19-2/h4-9H2,1-3H3,(H2,13,14,16,18). The van der Waals surface area contributed by atoms with Gasteiger partial charge in [-0.2, -0.15) is 0 Å². The van der Waals surface area contributed by atoms with Crippen LogP contribution in [0.1, 0.15) is 13.3 Å². The van der Waals surface area contributed by atoms with E-state index in [0.717, 1.165) is 0 Å². The van der Waals surface area contributed by atoms with Crippen molar-refractivity contribution in [2.45, 2.75) is 13.3 Å². The van der Waals surface area contributed by atoms with Gasteiger partial charge in [-0.3, -0.25) is 19.8 Å². The van der Waals surface area contributed by atoms with Gasteiger partial charge in [0, 0.05) is 20.2 Å². The second-order valence-electron chi connectivity index (χ2n) is 3.99. The van der Waals surface area contributed by atoms with Crippen LogP contribution in [-0.2, 0) is 19.1 Å². The van der Waals surface area contributed by atoms with E-state index in [-0.39, 0.29) is 18.9 Å². The molecule has 0 aliphatic rings. The fourth-order valence-corrected chi connectivity index (χ4v) is 1.38. The van der Waals surface area contributed by atoms with Crippen LogP contribution in [0.5, 0.6) is 0 Å². The molecule has 0 spiro atoms. The Kier molecular flexibility index (Phi) is 10.2. The van der Waals surface area contributed by atoms with E-state index in [9.17, 15) is 14.4 Å². The van der Waals surface area contributed by atoms with Crippen molar-refractivity contribution < 1.29 is 23.9 Å². The van der Waals surface area contributed by atoms with E-state index in [1.54, 1.807) is 4.90 Å². The maximum absolute atomic E-state index is 11.6. The van der Waals surface area contributed by atoms with Gasteiger partial charge < -0.3 is 14.8 Å². The van der Waals surface area contributed by atoms with Gasteiger partial charge in [0.15, 0.2) is 0 Å². The first-order valence-electron chi connectivity index (χ1n) is 6.39. The third-order valence-electron chi connectivity index (χ3n) is 2.52. The molecule has 0 heterocycles. The molecule has 0 atom stereocenters. The normalized spacial score (nSPS) is 10.2. The molecule has 20 heavy (non-hydrogen) atoms. The lowest BCUT2D eigenvalue weighted by molar-refractivity contribution is -0.141. The summed E-state index contributed by atoms with van der Waals surface area (Å²) in [6.07, 6.45) is 0.206. The van der Waals surface area contributed by atoms with E-state index >= 15 is 0 Å². The third kappa shape index (κ3) is 9.29. The Hall–Kier alpha value is -1.67. The molecule has 0 aliphatic heterocycles. The number of ether oxygens (including phenoxy) is 2. The van der Waals surface area contributed by atoms with E-state index < -0.39 is 11.9 Å². The van der Waals surface area contributed by atoms with Gasteiger partial charge >= 0.3 is 12.0 Å². The number of esters is 1. The number of imide groups is 1. The second-order valence-corrected chi connectivity index (χ2v) is 3.99. The first-order chi connectivity index (χ1) is 9.53. The molecule has 3 amide bonds. The molecule has 0 aromatic heterocycles. The van der Waals surface area contributed by atoms with Crippen molar-refractivity contribution in [3.05, 3.63) is 0 Å². The number of hydrogen-bond donors (Lipinski definition) is 2. The fourth-order valence-electron chi connectivity index (χ4n) is 1.38. The molecule has 8 nitrogen and oxygen atoms in total. The molecule has 116 valence electrons. The smallest absolute Gasteiger partial charge is 0.321 e. The Morgan fingerprint density at radius 2 is 1.90 bits per heavy atom. The zero-order chi connectivity index (χ0) is 15.4. The molecular formula is C12H23N3O5. The minimum Gasteiger partial charge on any atom is -0.469 e. The summed E-state index contributed by atoms with van der Waals surface area (Å²) >= 11 is 0. The quantitative estimate of drug-likeness (QED) is 0.432. The van der Waals surface area contributed by atoms with Gasteiger partial charge in [-0.05, 0) is 6.54 Å². The number of nitrogens with zero attached hydrogens (tertiary/aromatic N) is 1. The lowest BCUT2D eigenvalue weighted by Crippen LogP contribution is -2.45. The van der Waals surface area contributed by atoms with Crippen molar-refractivity contribution >= 4 is 17.9 Å². The fraction of sp³-hybridized carbons (Fsp3) is 0.750. The Bertz CT molecular complexity index is 322. The number of hydrogen-bond acceptors (Lipinski definition) is 6. The van der Waals surface area contributed by atoms with Crippen molar-refractivity contribution in [2.24, 2.45) is 0 Å². The Balaban J connectivity index is 3.96. The molecule has 0 fully saturated rings. The van der Waals surface area contributed by atoms with Gasteiger partial charge in [0.25, 0.3) is 0 Å². The molecular weight excluding hydrogens is 266 g/mol. The Morgan fingerprint density at radius 1 is 1.20 bits per heavy atom. The van der Waals surface area contributed by atoms with Crippen LogP contribution >= 0.6 is 0 Å². The number of methoxy groups -OCH3 is 2. The molecule has 8 heteroatoms. The lowest BCUT2D eigenvalue weighted by atomic mass is 10.3. The predicted molar refractivity (Wildman–Crippen MR) is 72.2 cm³/mol. The summed E-state index contributed by atoms with van der Waals surface area (Å²) in [5.41, 5.74) is 0. The van der Waals surface area contributed by atoms with Crippen LogP contribution in [-0.4, -0.2) is 69.8 Å². The first-order valence-corrected chi connectivity index (χ1v) is 6.39. The third-order valence-corrected chi connectivity index (χ3v) is 2.52. The molecule has 2 N–H and O–H groups in total. The topological polar surface area (TPSA) is 97.0 Å². The number of likely N-dealkylation sites (N-methyl/N-ethyl adjacent to an activating group) is 1. The number of amides is 3. The molecule has 0 aromatic carbocycles. The number of carbonyl (C=O) groups excluding carboxylic acids is 3. The van der Waals surface area contributed by atoms with Crippen molar-refractivity contribution in [3.63, 3.8) is 0 Å². The Labute approximate surface area is 118 Å². The summed E-state index contributed by atoms with van der Waals surface area (Å²) in [5, 5.41) is 4.68. The molecule has 0 saturated carbocycles. The lowest BCUT2D eigenvalue weighted by Gasteiger charge is -2.18. The summed E-state index contributed by atoms with van der Waals surface area (Å²) in [5.74, 6) is -0.757. The molecule has 0 radical (unpaired) electrons. The van der Waals surface area contributed by atoms with Crippen LogP contribution in [0.4, 0.5) is 4.79 Å². The number of urea groups is 1. The average Bonchev–Trinajstić information content (AvgIpc) is 2.43. The largest absolute Gasteiger partial charge is 0.469 e. The average molecular weight is 289 g/mol. The minimum absolute atomic E-state index is 0.0468. The van der Waals surface area contributed by atoms with Crippen molar-refractivity contribution in [1.29, 1.82) is 0 Å². The van der Waals surface area contributed by atoms with Crippen LogP contribution in [0.15, 0.2) is 0 Å². The van der Waals surface area contributed by atoms with Gasteiger partial charge in [-0.15, -0.1) is 0 Å². The second kappa shape index (κ2) is 11.2. The number of nitrogens with one attached hydrogen (secondary N) is 2. The highest BCUT2D eigenvalue weighted by Gasteiger charge is 2.13. The first kappa shape index (κ1) is 18.3. The van der Waals surface area contributed by atoms with E-state index in [4.69, 9.17) is 4.74 Å². The van der Waals surface area contributed by atoms with Gasteiger partial charge in [-0.25, -0.2) is 4.79 Å². The van der Waals surface area contributed by atoms with Gasteiger partial charge in [0.05, 0.1) is 26.7 Å². The highest BCUT2D eigenvalue weighted by molar-refractivity contribution is 5.95. The van der Waals surface area contributed by atoms with E-state index in [0.29, 0.717) is 26.2 Å². The highest BCUT2D eigenvalue weighted by Crippen LogP contribution is 1.93. The van der Waals surface area contributed by atoms with Crippen molar-refractivity contribution in [1.82, 2.24) is 15.5 Å². The van der Waals surface area contributed by atoms with E-state index in [1.807, 2.05) is 6.92 Å². The van der Waals surface area contributed by atoms with Gasteiger partial charge in [0.1, 0.15) is 0 Å². The van der Waals surface area contributed by atoms with E-state index in [2.05, 4.69) is 15.4 Å². The Morgan fingerprint density at radius 3 is 2.45 bits per heavy atom. The van der Waals surface area contributed by atoms with Crippen LogP contribution in [0, 0.1) is 0 Å². The van der Waals surface area contributed by atoms with Crippen LogP contribution < -0.4 is 10.6 Å².